The average Bonchev–Trinajstić information content (AvgIpc) is 2.65. The topological polar surface area (TPSA) is 54.0 Å². The van der Waals surface area contributed by atoms with Gasteiger partial charge in [0.2, 0.25) is 0 Å². The summed E-state index contributed by atoms with van der Waals surface area (Å²) >= 11 is 3.49. The minimum atomic E-state index is -0.103. The van der Waals surface area contributed by atoms with Gasteiger partial charge >= 0.3 is 0 Å². The number of hydrogen-bond donors (Lipinski definition) is 2. The van der Waals surface area contributed by atoms with Crippen molar-refractivity contribution in [2.75, 3.05) is 11.9 Å². The second-order valence-corrected chi connectivity index (χ2v) is 6.38. The second-order valence-electron chi connectivity index (χ2n) is 5.53. The van der Waals surface area contributed by atoms with Gasteiger partial charge in [-0.3, -0.25) is 4.79 Å². The Hall–Kier alpha value is -2.66. The van der Waals surface area contributed by atoms with Gasteiger partial charge in [0.05, 0.1) is 5.69 Å². The number of nitrogens with one attached hydrogen (secondary N) is 2. The van der Waals surface area contributed by atoms with Crippen LogP contribution in [0.2, 0.25) is 0 Å². The third-order valence-corrected chi connectivity index (χ3v) is 4.39. The molecule has 126 valence electrons. The van der Waals surface area contributed by atoms with Gasteiger partial charge < -0.3 is 10.6 Å². The molecule has 0 unspecified atom stereocenters. The standard InChI is InChI=1S/C20H18BrN3O/c21-17-8-4-5-9-18(17)24-19-14-16(11-13-22-19)20(25)23-12-10-15-6-2-1-3-7-15/h1-9,11,13-14H,10,12H2,(H,22,24)(H,23,25). The second kappa shape index (κ2) is 8.44. The van der Waals surface area contributed by atoms with Crippen molar-refractivity contribution in [3.63, 3.8) is 0 Å². The number of halogens is 1. The summed E-state index contributed by atoms with van der Waals surface area (Å²) in [6.45, 7) is 0.595. The lowest BCUT2D eigenvalue weighted by atomic mass is 10.1. The number of amides is 1. The largest absolute Gasteiger partial charge is 0.352 e. The van der Waals surface area contributed by atoms with Gasteiger partial charge in [-0.25, -0.2) is 4.98 Å². The van der Waals surface area contributed by atoms with E-state index in [-0.39, 0.29) is 5.91 Å². The van der Waals surface area contributed by atoms with Gasteiger partial charge in [-0.1, -0.05) is 42.5 Å². The van der Waals surface area contributed by atoms with Crippen LogP contribution in [0.15, 0.2) is 77.4 Å². The van der Waals surface area contributed by atoms with Crippen LogP contribution in [0.1, 0.15) is 15.9 Å². The number of pyridine rings is 1. The Morgan fingerprint density at radius 3 is 2.56 bits per heavy atom. The Labute approximate surface area is 155 Å². The predicted octanol–water partition coefficient (Wildman–Crippen LogP) is 4.56. The normalized spacial score (nSPS) is 10.3. The van der Waals surface area contributed by atoms with Gasteiger partial charge in [-0.15, -0.1) is 0 Å². The summed E-state index contributed by atoms with van der Waals surface area (Å²) in [6.07, 6.45) is 2.44. The van der Waals surface area contributed by atoms with Gasteiger partial charge in [-0.05, 0) is 52.2 Å². The summed E-state index contributed by atoms with van der Waals surface area (Å²) in [4.78, 5) is 16.6. The van der Waals surface area contributed by atoms with Crippen LogP contribution in [0.5, 0.6) is 0 Å². The number of aromatic nitrogens is 1. The molecule has 5 heteroatoms. The number of carbonyl (C=O) groups is 1. The molecule has 0 atom stereocenters. The van der Waals surface area contributed by atoms with Crippen LogP contribution in [-0.4, -0.2) is 17.4 Å². The van der Waals surface area contributed by atoms with Crippen molar-refractivity contribution in [3.8, 4) is 0 Å². The molecule has 0 radical (unpaired) electrons. The molecule has 0 saturated carbocycles. The van der Waals surface area contributed by atoms with E-state index >= 15 is 0 Å². The molecule has 0 aliphatic heterocycles. The van der Waals surface area contributed by atoms with E-state index < -0.39 is 0 Å². The summed E-state index contributed by atoms with van der Waals surface area (Å²) in [6, 6.07) is 21.3. The quantitative estimate of drug-likeness (QED) is 0.642. The van der Waals surface area contributed by atoms with E-state index in [4.69, 9.17) is 0 Å². The summed E-state index contributed by atoms with van der Waals surface area (Å²) in [5, 5.41) is 6.16. The molecule has 4 nitrogen and oxygen atoms in total. The molecule has 0 aliphatic rings. The van der Waals surface area contributed by atoms with Crippen molar-refractivity contribution in [2.45, 2.75) is 6.42 Å². The van der Waals surface area contributed by atoms with Crippen LogP contribution < -0.4 is 10.6 Å². The Morgan fingerprint density at radius 1 is 1.00 bits per heavy atom. The van der Waals surface area contributed by atoms with Crippen LogP contribution in [-0.2, 0) is 6.42 Å². The number of rotatable bonds is 6. The van der Waals surface area contributed by atoms with Crippen molar-refractivity contribution < 1.29 is 4.79 Å². The van der Waals surface area contributed by atoms with Crippen LogP contribution >= 0.6 is 15.9 Å². The first-order valence-corrected chi connectivity index (χ1v) is 8.81. The molecule has 0 fully saturated rings. The lowest BCUT2D eigenvalue weighted by Crippen LogP contribution is -2.25. The van der Waals surface area contributed by atoms with Crippen molar-refractivity contribution in [2.24, 2.45) is 0 Å². The summed E-state index contributed by atoms with van der Waals surface area (Å²) < 4.78 is 0.939. The van der Waals surface area contributed by atoms with Crippen molar-refractivity contribution in [1.29, 1.82) is 0 Å². The van der Waals surface area contributed by atoms with E-state index in [2.05, 4.69) is 43.7 Å². The Kier molecular flexibility index (Phi) is 5.80. The first-order valence-electron chi connectivity index (χ1n) is 8.02. The molecule has 0 saturated heterocycles. The lowest BCUT2D eigenvalue weighted by molar-refractivity contribution is 0.0954. The summed E-state index contributed by atoms with van der Waals surface area (Å²) in [7, 11) is 0. The van der Waals surface area contributed by atoms with Gasteiger partial charge in [0.1, 0.15) is 5.82 Å². The number of nitrogens with zero attached hydrogens (tertiary/aromatic N) is 1. The minimum Gasteiger partial charge on any atom is -0.352 e. The molecule has 1 aromatic heterocycles. The zero-order valence-corrected chi connectivity index (χ0v) is 15.2. The Bertz CT molecular complexity index is 852. The van der Waals surface area contributed by atoms with Crippen molar-refractivity contribution >= 4 is 33.3 Å². The molecule has 3 rings (SSSR count). The maximum atomic E-state index is 12.3. The highest BCUT2D eigenvalue weighted by Gasteiger charge is 2.07. The molecule has 2 N–H and O–H groups in total. The Morgan fingerprint density at radius 2 is 1.76 bits per heavy atom. The monoisotopic (exact) mass is 395 g/mol. The molecule has 1 heterocycles. The maximum absolute atomic E-state index is 12.3. The first kappa shape index (κ1) is 17.2. The average molecular weight is 396 g/mol. The van der Waals surface area contributed by atoms with Crippen LogP contribution in [0.25, 0.3) is 0 Å². The zero-order valence-electron chi connectivity index (χ0n) is 13.6. The molecule has 3 aromatic rings. The number of carbonyl (C=O) groups excluding carboxylic acids is 1. The molecule has 2 aromatic carbocycles. The smallest absolute Gasteiger partial charge is 0.251 e. The van der Waals surface area contributed by atoms with E-state index in [1.54, 1.807) is 18.3 Å². The lowest BCUT2D eigenvalue weighted by Gasteiger charge is -2.09. The van der Waals surface area contributed by atoms with Crippen LogP contribution in [0.4, 0.5) is 11.5 Å². The number of para-hydroxylation sites is 1. The third kappa shape index (κ3) is 4.90. The Balaban J connectivity index is 1.60. The molecular formula is C20H18BrN3O. The number of hydrogen-bond acceptors (Lipinski definition) is 3. The maximum Gasteiger partial charge on any atom is 0.251 e. The van der Waals surface area contributed by atoms with Crippen LogP contribution in [0, 0.1) is 0 Å². The molecule has 0 bridgehead atoms. The highest BCUT2D eigenvalue weighted by atomic mass is 79.9. The molecule has 1 amide bonds. The van der Waals surface area contributed by atoms with Crippen molar-refractivity contribution in [3.05, 3.63) is 88.5 Å². The third-order valence-electron chi connectivity index (χ3n) is 3.70. The van der Waals surface area contributed by atoms with Crippen molar-refractivity contribution in [1.82, 2.24) is 10.3 Å². The summed E-state index contributed by atoms with van der Waals surface area (Å²) in [5.41, 5.74) is 2.68. The highest BCUT2D eigenvalue weighted by Crippen LogP contribution is 2.24. The van der Waals surface area contributed by atoms with Gasteiger partial charge in [0, 0.05) is 22.8 Å². The zero-order chi connectivity index (χ0) is 17.5. The molecule has 0 spiro atoms. The van der Waals surface area contributed by atoms with E-state index in [1.807, 2.05) is 42.5 Å². The fourth-order valence-electron chi connectivity index (χ4n) is 2.41. The van der Waals surface area contributed by atoms with Gasteiger partial charge in [-0.2, -0.15) is 0 Å². The van der Waals surface area contributed by atoms with E-state index in [0.29, 0.717) is 17.9 Å². The fraction of sp³-hybridized carbons (Fsp3) is 0.100. The summed E-state index contributed by atoms with van der Waals surface area (Å²) in [5.74, 6) is 0.524. The molecule has 0 aliphatic carbocycles. The highest BCUT2D eigenvalue weighted by molar-refractivity contribution is 9.10. The predicted molar refractivity (Wildman–Crippen MR) is 104 cm³/mol. The first-order chi connectivity index (χ1) is 12.2. The van der Waals surface area contributed by atoms with E-state index in [9.17, 15) is 4.79 Å². The number of benzene rings is 2. The minimum absolute atomic E-state index is 0.103. The number of anilines is 2. The van der Waals surface area contributed by atoms with Gasteiger partial charge in [0.15, 0.2) is 0 Å². The van der Waals surface area contributed by atoms with Gasteiger partial charge in [0.25, 0.3) is 5.91 Å². The SMILES string of the molecule is O=C(NCCc1ccccc1)c1ccnc(Nc2ccccc2Br)c1. The van der Waals surface area contributed by atoms with E-state index in [1.165, 1.54) is 5.56 Å². The fourth-order valence-corrected chi connectivity index (χ4v) is 2.79. The molecular weight excluding hydrogens is 378 g/mol. The van der Waals surface area contributed by atoms with Crippen LogP contribution in [0.3, 0.4) is 0 Å². The molecule has 25 heavy (non-hydrogen) atoms. The van der Waals surface area contributed by atoms with E-state index in [0.717, 1.165) is 16.6 Å².